The number of benzene rings is 1. The fourth-order valence-corrected chi connectivity index (χ4v) is 2.49. The van der Waals surface area contributed by atoms with Crippen molar-refractivity contribution >= 4 is 0 Å². The molecule has 1 atom stereocenters. The van der Waals surface area contributed by atoms with Gasteiger partial charge in [0, 0.05) is 19.3 Å². The van der Waals surface area contributed by atoms with E-state index in [0.29, 0.717) is 5.92 Å². The molecule has 1 fully saturated rings. The molecule has 1 saturated heterocycles. The van der Waals surface area contributed by atoms with Crippen molar-refractivity contribution < 1.29 is 4.74 Å². The molecule has 1 aliphatic heterocycles. The molecule has 0 bridgehead atoms. The lowest BCUT2D eigenvalue weighted by Gasteiger charge is -2.27. The van der Waals surface area contributed by atoms with Crippen LogP contribution in [0.15, 0.2) is 24.3 Å². The third-order valence-electron chi connectivity index (χ3n) is 3.77. The minimum Gasteiger partial charge on any atom is -0.381 e. The van der Waals surface area contributed by atoms with Crippen LogP contribution in [0.4, 0.5) is 0 Å². The maximum atomic E-state index is 6.30. The van der Waals surface area contributed by atoms with Gasteiger partial charge in [-0.2, -0.15) is 0 Å². The van der Waals surface area contributed by atoms with Crippen LogP contribution in [0.25, 0.3) is 0 Å². The quantitative estimate of drug-likeness (QED) is 0.867. The summed E-state index contributed by atoms with van der Waals surface area (Å²) in [5, 5.41) is 0. The van der Waals surface area contributed by atoms with Gasteiger partial charge in [-0.05, 0) is 42.7 Å². The van der Waals surface area contributed by atoms with Crippen molar-refractivity contribution in [3.05, 3.63) is 35.4 Å². The molecule has 94 valence electrons. The van der Waals surface area contributed by atoms with Gasteiger partial charge in [-0.3, -0.25) is 0 Å². The second kappa shape index (κ2) is 6.18. The van der Waals surface area contributed by atoms with Gasteiger partial charge in [0.1, 0.15) is 0 Å². The Bertz CT molecular complexity index is 327. The summed E-state index contributed by atoms with van der Waals surface area (Å²) in [4.78, 5) is 0. The summed E-state index contributed by atoms with van der Waals surface area (Å²) in [5.74, 6) is 0.634. The molecular formula is C15H23NO. The molecule has 1 aromatic rings. The zero-order valence-electron chi connectivity index (χ0n) is 10.7. The van der Waals surface area contributed by atoms with Crippen molar-refractivity contribution in [1.29, 1.82) is 0 Å². The second-order valence-corrected chi connectivity index (χ2v) is 4.99. The Morgan fingerprint density at radius 3 is 2.35 bits per heavy atom. The zero-order chi connectivity index (χ0) is 12.1. The first kappa shape index (κ1) is 12.6. The second-order valence-electron chi connectivity index (χ2n) is 4.99. The van der Waals surface area contributed by atoms with Crippen LogP contribution in [0.5, 0.6) is 0 Å². The summed E-state index contributed by atoms with van der Waals surface area (Å²) in [6, 6.07) is 9.15. The van der Waals surface area contributed by atoms with E-state index in [1.165, 1.54) is 11.1 Å². The average Bonchev–Trinajstić information content (AvgIpc) is 2.40. The Morgan fingerprint density at radius 2 is 1.76 bits per heavy atom. The Morgan fingerprint density at radius 1 is 1.18 bits per heavy atom. The monoisotopic (exact) mass is 233 g/mol. The normalized spacial score (nSPS) is 19.2. The topological polar surface area (TPSA) is 35.2 Å². The molecule has 0 spiro atoms. The van der Waals surface area contributed by atoms with E-state index in [9.17, 15) is 0 Å². The van der Waals surface area contributed by atoms with Crippen LogP contribution >= 0.6 is 0 Å². The molecule has 1 heterocycles. The first-order valence-corrected chi connectivity index (χ1v) is 6.70. The maximum absolute atomic E-state index is 6.30. The SMILES string of the molecule is CCc1ccc(CC(N)C2CCOCC2)cc1. The summed E-state index contributed by atoms with van der Waals surface area (Å²) < 4.78 is 5.37. The van der Waals surface area contributed by atoms with E-state index < -0.39 is 0 Å². The van der Waals surface area contributed by atoms with E-state index in [4.69, 9.17) is 10.5 Å². The summed E-state index contributed by atoms with van der Waals surface area (Å²) >= 11 is 0. The predicted octanol–water partition coefficient (Wildman–Crippen LogP) is 2.55. The van der Waals surface area contributed by atoms with E-state index >= 15 is 0 Å². The number of nitrogens with two attached hydrogens (primary N) is 1. The van der Waals surface area contributed by atoms with Crippen LogP contribution in [-0.2, 0) is 17.6 Å². The van der Waals surface area contributed by atoms with Gasteiger partial charge in [0.2, 0.25) is 0 Å². The van der Waals surface area contributed by atoms with E-state index in [-0.39, 0.29) is 6.04 Å². The van der Waals surface area contributed by atoms with E-state index in [1.807, 2.05) is 0 Å². The van der Waals surface area contributed by atoms with Crippen LogP contribution in [-0.4, -0.2) is 19.3 Å². The number of aryl methyl sites for hydroxylation is 1. The third-order valence-corrected chi connectivity index (χ3v) is 3.77. The van der Waals surface area contributed by atoms with Crippen LogP contribution in [0.1, 0.15) is 30.9 Å². The molecule has 1 unspecified atom stereocenters. The van der Waals surface area contributed by atoms with Gasteiger partial charge in [-0.1, -0.05) is 31.2 Å². The number of hydrogen-bond acceptors (Lipinski definition) is 2. The average molecular weight is 233 g/mol. The van der Waals surface area contributed by atoms with Gasteiger partial charge in [-0.15, -0.1) is 0 Å². The summed E-state index contributed by atoms with van der Waals surface area (Å²) in [6.45, 7) is 3.95. The maximum Gasteiger partial charge on any atom is 0.0469 e. The largest absolute Gasteiger partial charge is 0.381 e. The molecule has 0 amide bonds. The first-order chi connectivity index (χ1) is 8.29. The van der Waals surface area contributed by atoms with Gasteiger partial charge in [0.25, 0.3) is 0 Å². The fourth-order valence-electron chi connectivity index (χ4n) is 2.49. The molecule has 0 radical (unpaired) electrons. The molecule has 2 heteroatoms. The van der Waals surface area contributed by atoms with E-state index in [0.717, 1.165) is 38.9 Å². The van der Waals surface area contributed by atoms with Crippen molar-refractivity contribution in [1.82, 2.24) is 0 Å². The van der Waals surface area contributed by atoms with Crippen LogP contribution in [0, 0.1) is 5.92 Å². The van der Waals surface area contributed by atoms with E-state index in [1.54, 1.807) is 0 Å². The molecule has 0 aliphatic carbocycles. The predicted molar refractivity (Wildman–Crippen MR) is 71.0 cm³/mol. The minimum absolute atomic E-state index is 0.284. The lowest BCUT2D eigenvalue weighted by Crippen LogP contribution is -2.36. The molecule has 1 aromatic carbocycles. The summed E-state index contributed by atoms with van der Waals surface area (Å²) in [5.41, 5.74) is 9.05. The van der Waals surface area contributed by atoms with Crippen LogP contribution in [0.3, 0.4) is 0 Å². The molecule has 1 aliphatic rings. The lowest BCUT2D eigenvalue weighted by atomic mass is 9.88. The fraction of sp³-hybridized carbons (Fsp3) is 0.600. The number of rotatable bonds is 4. The lowest BCUT2D eigenvalue weighted by molar-refractivity contribution is 0.0585. The minimum atomic E-state index is 0.284. The first-order valence-electron chi connectivity index (χ1n) is 6.70. The smallest absolute Gasteiger partial charge is 0.0469 e. The molecule has 0 saturated carbocycles. The van der Waals surface area contributed by atoms with Crippen molar-refractivity contribution in [2.75, 3.05) is 13.2 Å². The van der Waals surface area contributed by atoms with Crippen molar-refractivity contribution in [3.8, 4) is 0 Å². The van der Waals surface area contributed by atoms with Crippen molar-refractivity contribution in [3.63, 3.8) is 0 Å². The molecule has 17 heavy (non-hydrogen) atoms. The Hall–Kier alpha value is -0.860. The molecule has 2 nitrogen and oxygen atoms in total. The molecule has 2 N–H and O–H groups in total. The highest BCUT2D eigenvalue weighted by molar-refractivity contribution is 5.23. The highest BCUT2D eigenvalue weighted by atomic mass is 16.5. The Labute approximate surface area is 104 Å². The third kappa shape index (κ3) is 3.55. The van der Waals surface area contributed by atoms with Crippen LogP contribution in [0.2, 0.25) is 0 Å². The van der Waals surface area contributed by atoms with Gasteiger partial charge >= 0.3 is 0 Å². The summed E-state index contributed by atoms with van der Waals surface area (Å²) in [7, 11) is 0. The molecule has 2 rings (SSSR count). The van der Waals surface area contributed by atoms with Gasteiger partial charge in [0.05, 0.1) is 0 Å². The highest BCUT2D eigenvalue weighted by Gasteiger charge is 2.20. The molecular weight excluding hydrogens is 210 g/mol. The van der Waals surface area contributed by atoms with Gasteiger partial charge < -0.3 is 10.5 Å². The van der Waals surface area contributed by atoms with Crippen LogP contribution < -0.4 is 5.73 Å². The standard InChI is InChI=1S/C15H23NO/c1-2-12-3-5-13(6-4-12)11-15(16)14-7-9-17-10-8-14/h3-6,14-15H,2,7-11,16H2,1H3. The Balaban J connectivity index is 1.89. The molecule has 0 aromatic heterocycles. The van der Waals surface area contributed by atoms with Gasteiger partial charge in [0.15, 0.2) is 0 Å². The zero-order valence-corrected chi connectivity index (χ0v) is 10.7. The van der Waals surface area contributed by atoms with Gasteiger partial charge in [-0.25, -0.2) is 0 Å². The van der Waals surface area contributed by atoms with Crippen molar-refractivity contribution in [2.24, 2.45) is 11.7 Å². The Kier molecular flexibility index (Phi) is 4.57. The van der Waals surface area contributed by atoms with E-state index in [2.05, 4.69) is 31.2 Å². The number of hydrogen-bond donors (Lipinski definition) is 1. The van der Waals surface area contributed by atoms with Crippen molar-refractivity contribution in [2.45, 2.75) is 38.6 Å². The summed E-state index contributed by atoms with van der Waals surface area (Å²) in [6.07, 6.45) is 4.34. The number of ether oxygens (including phenoxy) is 1. The highest BCUT2D eigenvalue weighted by Crippen LogP contribution is 2.20.